The molecule has 0 aromatic heterocycles. The van der Waals surface area contributed by atoms with Crippen molar-refractivity contribution in [1.29, 1.82) is 0 Å². The fraction of sp³-hybridized carbons (Fsp3) is 0.591. The lowest BCUT2D eigenvalue weighted by Crippen LogP contribution is -2.52. The molecule has 1 aromatic carbocycles. The molecule has 2 N–H and O–H groups in total. The van der Waals surface area contributed by atoms with Crippen LogP contribution in [0.25, 0.3) is 0 Å². The Balaban J connectivity index is 2.26. The molecule has 8 nitrogen and oxygen atoms in total. The highest BCUT2D eigenvalue weighted by molar-refractivity contribution is 5.85. The zero-order valence-electron chi connectivity index (χ0n) is 19.0. The van der Waals surface area contributed by atoms with Gasteiger partial charge in [-0.2, -0.15) is 13.2 Å². The first-order valence-electron chi connectivity index (χ1n) is 10.4. The smallest absolute Gasteiger partial charge is 0.416 e. The maximum Gasteiger partial charge on any atom is 0.416 e. The number of esters is 1. The summed E-state index contributed by atoms with van der Waals surface area (Å²) in [6.45, 7) is 6.20. The van der Waals surface area contributed by atoms with Crippen molar-refractivity contribution >= 4 is 18.0 Å². The minimum atomic E-state index is -4.56. The van der Waals surface area contributed by atoms with Crippen LogP contribution >= 0.6 is 0 Å². The van der Waals surface area contributed by atoms with Crippen LogP contribution in [0.4, 0.5) is 18.0 Å². The summed E-state index contributed by atoms with van der Waals surface area (Å²) < 4.78 is 51.0. The number of rotatable bonds is 6. The summed E-state index contributed by atoms with van der Waals surface area (Å²) in [6.07, 6.45) is -5.67. The molecule has 0 saturated carbocycles. The van der Waals surface area contributed by atoms with Gasteiger partial charge >= 0.3 is 18.2 Å². The second-order valence-electron chi connectivity index (χ2n) is 8.94. The van der Waals surface area contributed by atoms with Gasteiger partial charge in [0, 0.05) is 13.1 Å². The first-order chi connectivity index (χ1) is 15.1. The van der Waals surface area contributed by atoms with Crippen LogP contribution in [0.15, 0.2) is 24.3 Å². The number of carbonyl (C=O) groups excluding carboxylic acids is 2. The van der Waals surface area contributed by atoms with Gasteiger partial charge in [0.15, 0.2) is 0 Å². The molecule has 0 unspecified atom stereocenters. The summed E-state index contributed by atoms with van der Waals surface area (Å²) >= 11 is 0. The molecule has 184 valence electrons. The van der Waals surface area contributed by atoms with Crippen LogP contribution in [0.2, 0.25) is 0 Å². The van der Waals surface area contributed by atoms with Gasteiger partial charge in [-0.25, -0.2) is 9.59 Å². The molecule has 11 heteroatoms. The molecule has 2 rings (SSSR count). The van der Waals surface area contributed by atoms with E-state index in [9.17, 15) is 27.6 Å². The predicted octanol–water partition coefficient (Wildman–Crippen LogP) is 3.54. The molecule has 2 amide bonds. The molecule has 1 aliphatic heterocycles. The van der Waals surface area contributed by atoms with E-state index in [0.717, 1.165) is 12.1 Å². The normalized spacial score (nSPS) is 17.2. The lowest BCUT2D eigenvalue weighted by Gasteiger charge is -2.42. The third kappa shape index (κ3) is 7.34. The maximum absolute atomic E-state index is 13.3. The average Bonchev–Trinajstić information content (AvgIpc) is 2.70. The summed E-state index contributed by atoms with van der Waals surface area (Å²) in [6, 6.07) is 3.72. The molecule has 1 heterocycles. The fourth-order valence-corrected chi connectivity index (χ4v) is 3.67. The highest BCUT2D eigenvalue weighted by Crippen LogP contribution is 2.39. The van der Waals surface area contributed by atoms with E-state index in [1.54, 1.807) is 20.8 Å². The number of hydrogen-bond acceptors (Lipinski definition) is 5. The molecule has 1 atom stereocenters. The van der Waals surface area contributed by atoms with E-state index in [-0.39, 0.29) is 31.5 Å². The second-order valence-corrected chi connectivity index (χ2v) is 8.94. The first-order valence-corrected chi connectivity index (χ1v) is 10.4. The van der Waals surface area contributed by atoms with Crippen LogP contribution in [0.1, 0.15) is 51.7 Å². The van der Waals surface area contributed by atoms with Gasteiger partial charge in [-0.05, 0) is 58.2 Å². The number of piperidine rings is 1. The van der Waals surface area contributed by atoms with E-state index in [1.165, 1.54) is 24.0 Å². The summed E-state index contributed by atoms with van der Waals surface area (Å²) in [7, 11) is 0. The van der Waals surface area contributed by atoms with Gasteiger partial charge < -0.3 is 24.8 Å². The molecule has 1 aromatic rings. The van der Waals surface area contributed by atoms with E-state index in [2.05, 4.69) is 5.32 Å². The van der Waals surface area contributed by atoms with E-state index in [4.69, 9.17) is 14.6 Å². The number of ether oxygens (including phenoxy) is 2. The number of nitrogens with zero attached hydrogens (tertiary/aromatic N) is 1. The van der Waals surface area contributed by atoms with E-state index >= 15 is 0 Å². The van der Waals surface area contributed by atoms with E-state index < -0.39 is 53.6 Å². The van der Waals surface area contributed by atoms with Crippen molar-refractivity contribution in [3.63, 3.8) is 0 Å². The lowest BCUT2D eigenvalue weighted by molar-refractivity contribution is -0.173. The number of alkyl halides is 3. The van der Waals surface area contributed by atoms with Gasteiger partial charge in [-0.15, -0.1) is 0 Å². The van der Waals surface area contributed by atoms with Gasteiger partial charge in [0.1, 0.15) is 18.2 Å². The molecule has 33 heavy (non-hydrogen) atoms. The van der Waals surface area contributed by atoms with Crippen LogP contribution in [0, 0.1) is 0 Å². The number of benzene rings is 1. The van der Waals surface area contributed by atoms with Crippen molar-refractivity contribution in [3.8, 4) is 0 Å². The number of halogens is 3. The zero-order valence-corrected chi connectivity index (χ0v) is 19.0. The van der Waals surface area contributed by atoms with Crippen LogP contribution in [0.3, 0.4) is 0 Å². The number of nitrogens with one attached hydrogen (secondary N) is 1. The minimum Gasteiger partial charge on any atom is -0.465 e. The van der Waals surface area contributed by atoms with Gasteiger partial charge in [0.05, 0.1) is 11.2 Å². The first kappa shape index (κ1) is 26.4. The number of likely N-dealkylation sites (tertiary alicyclic amines) is 1. The Morgan fingerprint density at radius 2 is 1.79 bits per heavy atom. The third-order valence-electron chi connectivity index (χ3n) is 5.20. The lowest BCUT2D eigenvalue weighted by atomic mass is 9.83. The summed E-state index contributed by atoms with van der Waals surface area (Å²) in [4.78, 5) is 37.0. The van der Waals surface area contributed by atoms with Crippen molar-refractivity contribution in [3.05, 3.63) is 35.4 Å². The zero-order chi connectivity index (χ0) is 25.0. The van der Waals surface area contributed by atoms with Crippen molar-refractivity contribution in [2.75, 3.05) is 19.7 Å². The molecule has 1 aliphatic rings. The van der Waals surface area contributed by atoms with Crippen molar-refractivity contribution in [1.82, 2.24) is 10.2 Å². The van der Waals surface area contributed by atoms with Crippen molar-refractivity contribution < 1.29 is 42.1 Å². The van der Waals surface area contributed by atoms with E-state index in [0.29, 0.717) is 0 Å². The minimum absolute atomic E-state index is 0.106. The Kier molecular flexibility index (Phi) is 8.00. The Hall–Kier alpha value is -2.82. The molecule has 0 spiro atoms. The van der Waals surface area contributed by atoms with Gasteiger partial charge in [-0.3, -0.25) is 4.79 Å². The van der Waals surface area contributed by atoms with Gasteiger partial charge in [0.2, 0.25) is 5.91 Å². The molecular weight excluding hydrogens is 445 g/mol. The number of carboxylic acid groups (broad SMARTS) is 1. The highest BCUT2D eigenvalue weighted by Gasteiger charge is 2.41. The van der Waals surface area contributed by atoms with Crippen LogP contribution in [-0.2, 0) is 30.8 Å². The summed E-state index contributed by atoms with van der Waals surface area (Å²) in [5, 5.41) is 10.9. The largest absolute Gasteiger partial charge is 0.465 e. The third-order valence-corrected chi connectivity index (χ3v) is 5.20. The second kappa shape index (κ2) is 9.98. The molecule has 1 saturated heterocycles. The van der Waals surface area contributed by atoms with Crippen LogP contribution in [-0.4, -0.2) is 59.3 Å². The Morgan fingerprint density at radius 1 is 1.18 bits per heavy atom. The van der Waals surface area contributed by atoms with E-state index in [1.807, 2.05) is 0 Å². The van der Waals surface area contributed by atoms with Gasteiger partial charge in [0.25, 0.3) is 0 Å². The summed E-state index contributed by atoms with van der Waals surface area (Å²) in [5.74, 6) is -1.12. The fourth-order valence-electron chi connectivity index (χ4n) is 3.67. The molecule has 1 fully saturated rings. The quantitative estimate of drug-likeness (QED) is 0.611. The van der Waals surface area contributed by atoms with Crippen molar-refractivity contribution in [2.45, 2.75) is 64.0 Å². The highest BCUT2D eigenvalue weighted by atomic mass is 19.4. The molecular formula is C22H29F3N2O6. The SMILES string of the molecule is C[C@H](NC(=O)O)C(=O)N1CCC(OCC(=O)OC(C)(C)C)(c2cccc(C(F)(F)F)c2)CC1. The van der Waals surface area contributed by atoms with Gasteiger partial charge in [-0.1, -0.05) is 12.1 Å². The Morgan fingerprint density at radius 3 is 2.30 bits per heavy atom. The molecule has 0 aliphatic carbocycles. The number of amides is 2. The molecule has 0 bridgehead atoms. The summed E-state index contributed by atoms with van der Waals surface area (Å²) in [5.41, 5.74) is -2.62. The van der Waals surface area contributed by atoms with Crippen LogP contribution < -0.4 is 5.32 Å². The topological polar surface area (TPSA) is 105 Å². The van der Waals surface area contributed by atoms with Crippen molar-refractivity contribution in [2.24, 2.45) is 0 Å². The Labute approximate surface area is 190 Å². The Bertz CT molecular complexity index is 874. The standard InChI is InChI=1S/C22H29F3N2O6/c1-14(26-19(30)31)18(29)27-10-8-21(9-11-27,32-13-17(28)33-20(2,3)4)15-6-5-7-16(12-15)22(23,24)25/h5-7,12,14,26H,8-11,13H2,1-4H3,(H,30,31)/t14-/m0/s1. The number of carbonyl (C=O) groups is 3. The number of hydrogen-bond donors (Lipinski definition) is 2. The molecule has 0 radical (unpaired) electrons. The maximum atomic E-state index is 13.3. The average molecular weight is 474 g/mol. The monoisotopic (exact) mass is 474 g/mol. The van der Waals surface area contributed by atoms with Crippen LogP contribution in [0.5, 0.6) is 0 Å². The predicted molar refractivity (Wildman–Crippen MR) is 111 cm³/mol.